The van der Waals surface area contributed by atoms with Crippen LogP contribution in [0.2, 0.25) is 0 Å². The van der Waals surface area contributed by atoms with Gasteiger partial charge in [-0.3, -0.25) is 0 Å². The molecular weight excluding hydrogens is 204 g/mol. The molecule has 16 heavy (non-hydrogen) atoms. The van der Waals surface area contributed by atoms with Crippen LogP contribution >= 0.6 is 0 Å². The average molecular weight is 220 g/mol. The molecule has 86 valence electrons. The summed E-state index contributed by atoms with van der Waals surface area (Å²) in [6, 6.07) is 3.16. The third-order valence-corrected chi connectivity index (χ3v) is 3.00. The van der Waals surface area contributed by atoms with Gasteiger partial charge in [-0.2, -0.15) is 0 Å². The van der Waals surface area contributed by atoms with Crippen molar-refractivity contribution in [3.63, 3.8) is 0 Å². The van der Waals surface area contributed by atoms with Gasteiger partial charge in [0.25, 0.3) is 0 Å². The van der Waals surface area contributed by atoms with E-state index in [-0.39, 0.29) is 5.56 Å². The highest BCUT2D eigenvalue weighted by atomic mass is 16.4. The Balaban J connectivity index is 2.10. The summed E-state index contributed by atoms with van der Waals surface area (Å²) in [5.41, 5.74) is 1.40. The normalized spacial score (nSPS) is 16.9. The van der Waals surface area contributed by atoms with Crippen molar-refractivity contribution in [2.24, 2.45) is 5.41 Å². The number of hydrogen-bond acceptors (Lipinski definition) is 3. The average Bonchev–Trinajstić information content (AvgIpc) is 2.94. The molecule has 0 aliphatic heterocycles. The molecule has 0 radical (unpaired) electrons. The minimum Gasteiger partial charge on any atom is -0.478 e. The minimum absolute atomic E-state index is 0.288. The Bertz CT molecular complexity index is 425. The quantitative estimate of drug-likeness (QED) is 0.817. The van der Waals surface area contributed by atoms with Gasteiger partial charge < -0.3 is 10.4 Å². The molecule has 4 heteroatoms. The zero-order valence-electron chi connectivity index (χ0n) is 9.58. The summed E-state index contributed by atoms with van der Waals surface area (Å²) >= 11 is 0. The van der Waals surface area contributed by atoms with Crippen LogP contribution in [0.4, 0.5) is 5.82 Å². The number of hydrogen-bond donors (Lipinski definition) is 2. The molecule has 1 saturated carbocycles. The van der Waals surface area contributed by atoms with Crippen molar-refractivity contribution in [3.8, 4) is 0 Å². The first kappa shape index (κ1) is 10.9. The standard InChI is InChI=1S/C12H16N2O2/c1-8-5-9(11(15)16)6-10(14-8)13-7-12(2)3-4-12/h5-6H,3-4,7H2,1-2H3,(H,13,14)(H,15,16). The largest absolute Gasteiger partial charge is 0.478 e. The molecule has 0 atom stereocenters. The fraction of sp³-hybridized carbons (Fsp3) is 0.500. The van der Waals surface area contributed by atoms with Gasteiger partial charge in [-0.15, -0.1) is 0 Å². The Morgan fingerprint density at radius 3 is 2.81 bits per heavy atom. The number of anilines is 1. The molecule has 0 spiro atoms. The molecule has 1 heterocycles. The maximum Gasteiger partial charge on any atom is 0.335 e. The second kappa shape index (κ2) is 3.77. The highest BCUT2D eigenvalue weighted by Gasteiger charge is 2.36. The topological polar surface area (TPSA) is 62.2 Å². The van der Waals surface area contributed by atoms with E-state index in [1.807, 2.05) is 0 Å². The van der Waals surface area contributed by atoms with Crippen molar-refractivity contribution in [2.45, 2.75) is 26.7 Å². The highest BCUT2D eigenvalue weighted by Crippen LogP contribution is 2.44. The smallest absolute Gasteiger partial charge is 0.335 e. The SMILES string of the molecule is Cc1cc(C(=O)O)cc(NCC2(C)CC2)n1. The molecule has 2 N–H and O–H groups in total. The molecule has 1 fully saturated rings. The maximum absolute atomic E-state index is 10.9. The number of aromatic nitrogens is 1. The minimum atomic E-state index is -0.911. The van der Waals surface area contributed by atoms with Gasteiger partial charge in [-0.25, -0.2) is 9.78 Å². The van der Waals surface area contributed by atoms with Crippen LogP contribution in [0.1, 0.15) is 35.8 Å². The van der Waals surface area contributed by atoms with E-state index in [4.69, 9.17) is 5.11 Å². The number of nitrogens with one attached hydrogen (secondary N) is 1. The van der Waals surface area contributed by atoms with E-state index in [2.05, 4.69) is 17.2 Å². The van der Waals surface area contributed by atoms with Crippen LogP contribution in [0.25, 0.3) is 0 Å². The van der Waals surface area contributed by atoms with Crippen molar-refractivity contribution in [3.05, 3.63) is 23.4 Å². The number of carboxylic acid groups (broad SMARTS) is 1. The second-order valence-electron chi connectivity index (χ2n) is 4.85. The first-order chi connectivity index (χ1) is 7.48. The molecule has 0 bridgehead atoms. The van der Waals surface area contributed by atoms with E-state index in [9.17, 15) is 4.79 Å². The first-order valence-corrected chi connectivity index (χ1v) is 5.44. The van der Waals surface area contributed by atoms with Crippen LogP contribution in [0.5, 0.6) is 0 Å². The molecule has 0 amide bonds. The lowest BCUT2D eigenvalue weighted by Gasteiger charge is -2.11. The number of pyridine rings is 1. The third kappa shape index (κ3) is 2.51. The van der Waals surface area contributed by atoms with Crippen LogP contribution in [-0.4, -0.2) is 22.6 Å². The fourth-order valence-electron chi connectivity index (χ4n) is 1.58. The summed E-state index contributed by atoms with van der Waals surface area (Å²) in [5, 5.41) is 12.1. The van der Waals surface area contributed by atoms with Crippen molar-refractivity contribution in [2.75, 3.05) is 11.9 Å². The molecule has 0 saturated heterocycles. The lowest BCUT2D eigenvalue weighted by molar-refractivity contribution is 0.0696. The molecule has 2 rings (SSSR count). The molecule has 0 aromatic carbocycles. The summed E-state index contributed by atoms with van der Waals surface area (Å²) in [7, 11) is 0. The van der Waals surface area contributed by atoms with Gasteiger partial charge in [0.1, 0.15) is 5.82 Å². The lowest BCUT2D eigenvalue weighted by atomic mass is 10.1. The summed E-state index contributed by atoms with van der Waals surface area (Å²) in [6.07, 6.45) is 2.47. The third-order valence-electron chi connectivity index (χ3n) is 3.00. The predicted octanol–water partition coefficient (Wildman–Crippen LogP) is 2.30. The highest BCUT2D eigenvalue weighted by molar-refractivity contribution is 5.88. The van der Waals surface area contributed by atoms with Gasteiger partial charge in [0.2, 0.25) is 0 Å². The Morgan fingerprint density at radius 1 is 1.56 bits per heavy atom. The van der Waals surface area contributed by atoms with Gasteiger partial charge in [-0.05, 0) is 37.3 Å². The number of carboxylic acids is 1. The lowest BCUT2D eigenvalue weighted by Crippen LogP contribution is -2.13. The maximum atomic E-state index is 10.9. The number of nitrogens with zero attached hydrogens (tertiary/aromatic N) is 1. The van der Waals surface area contributed by atoms with E-state index in [1.54, 1.807) is 19.1 Å². The zero-order valence-corrected chi connectivity index (χ0v) is 9.58. The molecule has 0 unspecified atom stereocenters. The molecule has 4 nitrogen and oxygen atoms in total. The van der Waals surface area contributed by atoms with Crippen LogP contribution in [0, 0.1) is 12.3 Å². The van der Waals surface area contributed by atoms with Crippen LogP contribution in [0.15, 0.2) is 12.1 Å². The Labute approximate surface area is 94.7 Å². The number of aromatic carboxylic acids is 1. The van der Waals surface area contributed by atoms with E-state index in [0.29, 0.717) is 11.2 Å². The predicted molar refractivity (Wildman–Crippen MR) is 61.8 cm³/mol. The van der Waals surface area contributed by atoms with Crippen LogP contribution < -0.4 is 5.32 Å². The van der Waals surface area contributed by atoms with Gasteiger partial charge in [-0.1, -0.05) is 6.92 Å². The van der Waals surface area contributed by atoms with Crippen molar-refractivity contribution < 1.29 is 9.90 Å². The van der Waals surface area contributed by atoms with Gasteiger partial charge in [0.05, 0.1) is 5.56 Å². The summed E-state index contributed by atoms with van der Waals surface area (Å²) < 4.78 is 0. The summed E-state index contributed by atoms with van der Waals surface area (Å²) in [5.74, 6) is -0.253. The Hall–Kier alpha value is -1.58. The van der Waals surface area contributed by atoms with Gasteiger partial charge in [0, 0.05) is 12.2 Å². The van der Waals surface area contributed by atoms with E-state index < -0.39 is 5.97 Å². The van der Waals surface area contributed by atoms with E-state index in [1.165, 1.54) is 12.8 Å². The van der Waals surface area contributed by atoms with Crippen molar-refractivity contribution >= 4 is 11.8 Å². The fourth-order valence-corrected chi connectivity index (χ4v) is 1.58. The van der Waals surface area contributed by atoms with Crippen molar-refractivity contribution in [1.29, 1.82) is 0 Å². The molecule has 1 aromatic heterocycles. The number of aryl methyl sites for hydroxylation is 1. The first-order valence-electron chi connectivity index (χ1n) is 5.44. The summed E-state index contributed by atoms with van der Waals surface area (Å²) in [6.45, 7) is 4.88. The summed E-state index contributed by atoms with van der Waals surface area (Å²) in [4.78, 5) is 15.1. The van der Waals surface area contributed by atoms with Crippen molar-refractivity contribution in [1.82, 2.24) is 4.98 Å². The molecule has 1 aliphatic rings. The Kier molecular flexibility index (Phi) is 2.58. The Morgan fingerprint density at radius 2 is 2.25 bits per heavy atom. The molecule has 1 aliphatic carbocycles. The molecular formula is C12H16N2O2. The van der Waals surface area contributed by atoms with E-state index in [0.717, 1.165) is 12.2 Å². The van der Waals surface area contributed by atoms with Gasteiger partial charge >= 0.3 is 5.97 Å². The molecule has 1 aromatic rings. The number of carbonyl (C=O) groups is 1. The number of rotatable bonds is 4. The monoisotopic (exact) mass is 220 g/mol. The second-order valence-corrected chi connectivity index (χ2v) is 4.85. The zero-order chi connectivity index (χ0) is 11.8. The van der Waals surface area contributed by atoms with E-state index >= 15 is 0 Å². The van der Waals surface area contributed by atoms with Crippen LogP contribution in [-0.2, 0) is 0 Å². The van der Waals surface area contributed by atoms with Crippen LogP contribution in [0.3, 0.4) is 0 Å². The van der Waals surface area contributed by atoms with Gasteiger partial charge in [0.15, 0.2) is 0 Å².